The number of carbonyl (C=O) groups excluding carboxylic acids is 1. The Labute approximate surface area is 106 Å². The van der Waals surface area contributed by atoms with Gasteiger partial charge < -0.3 is 10.6 Å². The van der Waals surface area contributed by atoms with E-state index < -0.39 is 0 Å². The van der Waals surface area contributed by atoms with E-state index in [4.69, 9.17) is 0 Å². The molecule has 0 unspecified atom stereocenters. The molecule has 0 atom stereocenters. The predicted molar refractivity (Wildman–Crippen MR) is 73.5 cm³/mol. The Kier molecular flexibility index (Phi) is 4.25. The lowest BCUT2D eigenvalue weighted by molar-refractivity contribution is -0.115. The van der Waals surface area contributed by atoms with Crippen molar-refractivity contribution < 1.29 is 4.79 Å². The molecule has 1 amide bonds. The average molecular weight is 243 g/mol. The molecule has 4 nitrogen and oxygen atoms in total. The molecule has 1 heterocycles. The van der Waals surface area contributed by atoms with Crippen LogP contribution in [0.4, 0.5) is 5.69 Å². The summed E-state index contributed by atoms with van der Waals surface area (Å²) in [6.45, 7) is 3.26. The van der Waals surface area contributed by atoms with Crippen molar-refractivity contribution in [1.82, 2.24) is 10.3 Å². The molecule has 1 aromatic heterocycles. The van der Waals surface area contributed by atoms with Crippen LogP contribution in [0.5, 0.6) is 0 Å². The van der Waals surface area contributed by atoms with E-state index in [9.17, 15) is 4.79 Å². The normalized spacial score (nSPS) is 10.5. The van der Waals surface area contributed by atoms with Gasteiger partial charge in [0, 0.05) is 17.8 Å². The van der Waals surface area contributed by atoms with Crippen LogP contribution in [0.15, 0.2) is 36.7 Å². The summed E-state index contributed by atoms with van der Waals surface area (Å²) in [6.07, 6.45) is 4.53. The van der Waals surface area contributed by atoms with Gasteiger partial charge in [0.1, 0.15) is 0 Å². The van der Waals surface area contributed by atoms with Gasteiger partial charge >= 0.3 is 0 Å². The van der Waals surface area contributed by atoms with Crippen LogP contribution in [0.25, 0.3) is 10.8 Å². The Morgan fingerprint density at radius 3 is 3.06 bits per heavy atom. The zero-order chi connectivity index (χ0) is 12.8. The molecule has 2 aromatic rings. The molecular weight excluding hydrogens is 226 g/mol. The topological polar surface area (TPSA) is 54.0 Å². The number of pyridine rings is 1. The van der Waals surface area contributed by atoms with Crippen LogP contribution in [0.3, 0.4) is 0 Å². The van der Waals surface area contributed by atoms with Crippen molar-refractivity contribution in [2.24, 2.45) is 0 Å². The highest BCUT2D eigenvalue weighted by atomic mass is 16.1. The summed E-state index contributed by atoms with van der Waals surface area (Å²) in [4.78, 5) is 15.8. The van der Waals surface area contributed by atoms with Gasteiger partial charge in [-0.1, -0.05) is 19.1 Å². The number of rotatable bonds is 5. The maximum atomic E-state index is 11.7. The second kappa shape index (κ2) is 6.12. The summed E-state index contributed by atoms with van der Waals surface area (Å²) in [6, 6.07) is 7.75. The molecule has 0 bridgehead atoms. The molecule has 0 aliphatic rings. The number of hydrogen-bond donors (Lipinski definition) is 2. The molecule has 0 aliphatic heterocycles. The molecule has 0 saturated heterocycles. The monoisotopic (exact) mass is 243 g/mol. The lowest BCUT2D eigenvalue weighted by atomic mass is 10.1. The van der Waals surface area contributed by atoms with Crippen LogP contribution >= 0.6 is 0 Å². The first kappa shape index (κ1) is 12.5. The molecule has 94 valence electrons. The van der Waals surface area contributed by atoms with Gasteiger partial charge in [0.25, 0.3) is 0 Å². The van der Waals surface area contributed by atoms with E-state index in [0.29, 0.717) is 6.54 Å². The van der Waals surface area contributed by atoms with Gasteiger partial charge in [0.2, 0.25) is 5.91 Å². The van der Waals surface area contributed by atoms with Crippen LogP contribution in [0.2, 0.25) is 0 Å². The van der Waals surface area contributed by atoms with E-state index in [0.717, 1.165) is 29.4 Å². The number of aromatic nitrogens is 1. The van der Waals surface area contributed by atoms with Crippen LogP contribution in [-0.4, -0.2) is 24.0 Å². The first-order valence-electron chi connectivity index (χ1n) is 6.14. The number of hydrogen-bond acceptors (Lipinski definition) is 3. The van der Waals surface area contributed by atoms with Crippen molar-refractivity contribution in [3.63, 3.8) is 0 Å². The molecule has 0 saturated carbocycles. The third-order valence-electron chi connectivity index (χ3n) is 2.67. The Morgan fingerprint density at radius 2 is 2.22 bits per heavy atom. The summed E-state index contributed by atoms with van der Waals surface area (Å²) in [5, 5.41) is 8.01. The molecule has 0 radical (unpaired) electrons. The Hall–Kier alpha value is -1.94. The quantitative estimate of drug-likeness (QED) is 0.791. The number of amides is 1. The minimum atomic E-state index is -0.0280. The maximum absolute atomic E-state index is 11.7. The van der Waals surface area contributed by atoms with E-state index in [1.165, 1.54) is 0 Å². The van der Waals surface area contributed by atoms with E-state index in [1.54, 1.807) is 12.4 Å². The minimum absolute atomic E-state index is 0.0280. The lowest BCUT2D eigenvalue weighted by Crippen LogP contribution is -2.28. The van der Waals surface area contributed by atoms with Gasteiger partial charge in [0.15, 0.2) is 0 Å². The van der Waals surface area contributed by atoms with Crippen molar-refractivity contribution in [3.05, 3.63) is 36.7 Å². The molecule has 0 fully saturated rings. The fourth-order valence-electron chi connectivity index (χ4n) is 1.80. The summed E-state index contributed by atoms with van der Waals surface area (Å²) < 4.78 is 0. The van der Waals surface area contributed by atoms with E-state index >= 15 is 0 Å². The molecule has 2 N–H and O–H groups in total. The number of anilines is 1. The number of nitrogens with one attached hydrogen (secondary N) is 2. The second-order valence-electron chi connectivity index (χ2n) is 4.13. The number of benzene rings is 1. The highest BCUT2D eigenvalue weighted by molar-refractivity contribution is 6.02. The third-order valence-corrected chi connectivity index (χ3v) is 2.67. The maximum Gasteiger partial charge on any atom is 0.238 e. The van der Waals surface area contributed by atoms with Gasteiger partial charge in [-0.25, -0.2) is 0 Å². The van der Waals surface area contributed by atoms with Gasteiger partial charge in [-0.05, 0) is 30.5 Å². The molecule has 1 aromatic carbocycles. The Morgan fingerprint density at radius 1 is 1.33 bits per heavy atom. The largest absolute Gasteiger partial charge is 0.324 e. The van der Waals surface area contributed by atoms with E-state index in [1.807, 2.05) is 24.3 Å². The van der Waals surface area contributed by atoms with E-state index in [2.05, 4.69) is 22.5 Å². The van der Waals surface area contributed by atoms with Gasteiger partial charge in [-0.15, -0.1) is 0 Å². The third kappa shape index (κ3) is 3.05. The zero-order valence-electron chi connectivity index (χ0n) is 10.4. The van der Waals surface area contributed by atoms with Crippen molar-refractivity contribution >= 4 is 22.4 Å². The fourth-order valence-corrected chi connectivity index (χ4v) is 1.80. The summed E-state index contributed by atoms with van der Waals surface area (Å²) in [5.74, 6) is -0.0280. The molecule has 0 aliphatic carbocycles. The smallest absolute Gasteiger partial charge is 0.238 e. The predicted octanol–water partition coefficient (Wildman–Crippen LogP) is 2.17. The first-order chi connectivity index (χ1) is 8.81. The van der Waals surface area contributed by atoms with Crippen LogP contribution in [-0.2, 0) is 4.79 Å². The molecule has 2 rings (SSSR count). The zero-order valence-corrected chi connectivity index (χ0v) is 10.4. The lowest BCUT2D eigenvalue weighted by Gasteiger charge is -2.08. The average Bonchev–Trinajstić information content (AvgIpc) is 2.39. The van der Waals surface area contributed by atoms with Crippen LogP contribution < -0.4 is 10.6 Å². The summed E-state index contributed by atoms with van der Waals surface area (Å²) >= 11 is 0. The highest BCUT2D eigenvalue weighted by Crippen LogP contribution is 2.21. The van der Waals surface area contributed by atoms with Crippen molar-refractivity contribution in [1.29, 1.82) is 0 Å². The molecule has 18 heavy (non-hydrogen) atoms. The number of fused-ring (bicyclic) bond motifs is 1. The SMILES string of the molecule is CCCNCC(=O)Nc1cccc2ccncc12. The Bertz CT molecular complexity index is 534. The highest BCUT2D eigenvalue weighted by Gasteiger charge is 2.04. The minimum Gasteiger partial charge on any atom is -0.324 e. The van der Waals surface area contributed by atoms with Gasteiger partial charge in [-0.3, -0.25) is 9.78 Å². The van der Waals surface area contributed by atoms with Crippen LogP contribution in [0.1, 0.15) is 13.3 Å². The van der Waals surface area contributed by atoms with Crippen molar-refractivity contribution in [2.45, 2.75) is 13.3 Å². The van der Waals surface area contributed by atoms with E-state index in [-0.39, 0.29) is 5.91 Å². The van der Waals surface area contributed by atoms with Crippen LogP contribution in [0, 0.1) is 0 Å². The summed E-state index contributed by atoms with van der Waals surface area (Å²) in [5.41, 5.74) is 0.809. The van der Waals surface area contributed by atoms with Crippen molar-refractivity contribution in [3.8, 4) is 0 Å². The second-order valence-corrected chi connectivity index (χ2v) is 4.13. The van der Waals surface area contributed by atoms with Crippen molar-refractivity contribution in [2.75, 3.05) is 18.4 Å². The summed E-state index contributed by atoms with van der Waals surface area (Å²) in [7, 11) is 0. The fraction of sp³-hybridized carbons (Fsp3) is 0.286. The standard InChI is InChI=1S/C14H17N3O/c1-2-7-15-10-14(18)17-13-5-3-4-11-6-8-16-9-12(11)13/h3-6,8-9,15H,2,7,10H2,1H3,(H,17,18). The van der Waals surface area contributed by atoms with Gasteiger partial charge in [0.05, 0.1) is 12.2 Å². The van der Waals surface area contributed by atoms with Gasteiger partial charge in [-0.2, -0.15) is 0 Å². The molecular formula is C14H17N3O. The first-order valence-corrected chi connectivity index (χ1v) is 6.14. The number of carbonyl (C=O) groups is 1. The Balaban J connectivity index is 2.09. The molecule has 0 spiro atoms. The molecule has 4 heteroatoms. The number of nitrogens with zero attached hydrogens (tertiary/aromatic N) is 1.